The Kier molecular flexibility index (Phi) is 4.85. The molecule has 7 heteroatoms. The van der Waals surface area contributed by atoms with Crippen molar-refractivity contribution in [1.82, 2.24) is 25.1 Å². The molecule has 0 aromatic carbocycles. The molecule has 0 saturated carbocycles. The molecule has 28 heavy (non-hydrogen) atoms. The minimum absolute atomic E-state index is 0.115. The Hall–Kier alpha value is -2.80. The molecule has 0 atom stereocenters. The van der Waals surface area contributed by atoms with Crippen LogP contribution in [0.2, 0.25) is 0 Å². The van der Waals surface area contributed by atoms with Crippen LogP contribution >= 0.6 is 0 Å². The standard InChI is InChI=1S/C21H26N6O/c1-13-22-9-14(10-23-13)11-24-19-7-15(6-16(12-28)25-19)20-17-4-5-21(2,3)8-18(17)26-27-20/h6-7,9-10,28H,4-5,8,11-12H2,1-3H3,(H,24,25)(H,26,27). The topological polar surface area (TPSA) is 99.6 Å². The first kappa shape index (κ1) is 18.6. The molecule has 0 fully saturated rings. The first-order valence-corrected chi connectivity index (χ1v) is 9.63. The number of aromatic amines is 1. The van der Waals surface area contributed by atoms with E-state index in [1.54, 1.807) is 12.4 Å². The molecule has 3 heterocycles. The fourth-order valence-corrected chi connectivity index (χ4v) is 3.69. The summed E-state index contributed by atoms with van der Waals surface area (Å²) in [4.78, 5) is 12.9. The molecule has 0 amide bonds. The molecule has 3 aromatic heterocycles. The quantitative estimate of drug-likeness (QED) is 0.630. The van der Waals surface area contributed by atoms with Crippen LogP contribution in [0.5, 0.6) is 0 Å². The number of H-pyrrole nitrogens is 1. The SMILES string of the molecule is Cc1ncc(CNc2cc(-c3n[nH]c4c3CCC(C)(C)C4)cc(CO)n2)cn1. The van der Waals surface area contributed by atoms with Gasteiger partial charge >= 0.3 is 0 Å². The summed E-state index contributed by atoms with van der Waals surface area (Å²) < 4.78 is 0. The molecule has 0 spiro atoms. The Morgan fingerprint density at radius 3 is 2.75 bits per heavy atom. The fraction of sp³-hybridized carbons (Fsp3) is 0.429. The van der Waals surface area contributed by atoms with E-state index in [1.165, 1.54) is 11.3 Å². The number of hydrogen-bond donors (Lipinski definition) is 3. The smallest absolute Gasteiger partial charge is 0.127 e. The zero-order chi connectivity index (χ0) is 19.7. The number of nitrogens with one attached hydrogen (secondary N) is 2. The summed E-state index contributed by atoms with van der Waals surface area (Å²) in [5.41, 5.74) is 6.33. The second-order valence-corrected chi connectivity index (χ2v) is 8.25. The van der Waals surface area contributed by atoms with Crippen LogP contribution < -0.4 is 5.32 Å². The Morgan fingerprint density at radius 1 is 1.21 bits per heavy atom. The van der Waals surface area contributed by atoms with Gasteiger partial charge in [-0.15, -0.1) is 0 Å². The van der Waals surface area contributed by atoms with Gasteiger partial charge in [-0.05, 0) is 43.7 Å². The van der Waals surface area contributed by atoms with Crippen LogP contribution in [0, 0.1) is 12.3 Å². The van der Waals surface area contributed by atoms with Gasteiger partial charge in [-0.25, -0.2) is 15.0 Å². The largest absolute Gasteiger partial charge is 0.390 e. The van der Waals surface area contributed by atoms with E-state index < -0.39 is 0 Å². The zero-order valence-corrected chi connectivity index (χ0v) is 16.6. The lowest BCUT2D eigenvalue weighted by Gasteiger charge is -2.29. The van der Waals surface area contributed by atoms with Crippen molar-refractivity contribution in [2.45, 2.75) is 53.2 Å². The molecular weight excluding hydrogens is 352 g/mol. The van der Waals surface area contributed by atoms with E-state index in [-0.39, 0.29) is 6.61 Å². The number of fused-ring (bicyclic) bond motifs is 1. The van der Waals surface area contributed by atoms with E-state index in [1.807, 2.05) is 19.1 Å². The number of aromatic nitrogens is 5. The zero-order valence-electron chi connectivity index (χ0n) is 16.6. The molecule has 0 bridgehead atoms. The highest BCUT2D eigenvalue weighted by molar-refractivity contribution is 5.68. The third-order valence-corrected chi connectivity index (χ3v) is 5.28. The molecule has 0 saturated heterocycles. The number of nitrogens with zero attached hydrogens (tertiary/aromatic N) is 4. The van der Waals surface area contributed by atoms with Crippen molar-refractivity contribution in [2.24, 2.45) is 5.41 Å². The van der Waals surface area contributed by atoms with Crippen LogP contribution in [-0.2, 0) is 26.0 Å². The Labute approximate surface area is 164 Å². The van der Waals surface area contributed by atoms with Gasteiger partial charge in [-0.3, -0.25) is 5.10 Å². The monoisotopic (exact) mass is 378 g/mol. The molecular formula is C21H26N6O. The summed E-state index contributed by atoms with van der Waals surface area (Å²) in [5, 5.41) is 20.8. The normalized spacial score (nSPS) is 15.3. The highest BCUT2D eigenvalue weighted by atomic mass is 16.3. The second kappa shape index (κ2) is 7.31. The predicted octanol–water partition coefficient (Wildman–Crippen LogP) is 3.19. The molecule has 0 aliphatic heterocycles. The van der Waals surface area contributed by atoms with Crippen molar-refractivity contribution in [3.05, 3.63) is 52.9 Å². The molecule has 1 aliphatic rings. The first-order chi connectivity index (χ1) is 13.4. The molecule has 0 unspecified atom stereocenters. The van der Waals surface area contributed by atoms with Crippen LogP contribution in [0.4, 0.5) is 5.82 Å². The van der Waals surface area contributed by atoms with Gasteiger partial charge in [0, 0.05) is 41.3 Å². The number of aliphatic hydroxyl groups excluding tert-OH is 1. The van der Waals surface area contributed by atoms with Gasteiger partial charge in [0.25, 0.3) is 0 Å². The van der Waals surface area contributed by atoms with Crippen molar-refractivity contribution in [3.63, 3.8) is 0 Å². The number of aliphatic hydroxyl groups is 1. The molecule has 3 N–H and O–H groups in total. The van der Waals surface area contributed by atoms with Crippen LogP contribution in [0.1, 0.15) is 48.6 Å². The van der Waals surface area contributed by atoms with E-state index in [2.05, 4.69) is 44.3 Å². The van der Waals surface area contributed by atoms with E-state index in [4.69, 9.17) is 0 Å². The van der Waals surface area contributed by atoms with Gasteiger partial charge in [0.2, 0.25) is 0 Å². The number of aryl methyl sites for hydroxylation is 1. The summed E-state index contributed by atoms with van der Waals surface area (Å²) in [7, 11) is 0. The lowest BCUT2D eigenvalue weighted by molar-refractivity contribution is 0.277. The van der Waals surface area contributed by atoms with Gasteiger partial charge in [0.1, 0.15) is 11.6 Å². The predicted molar refractivity (Wildman–Crippen MR) is 108 cm³/mol. The van der Waals surface area contributed by atoms with Crippen molar-refractivity contribution in [1.29, 1.82) is 0 Å². The van der Waals surface area contributed by atoms with E-state index in [0.717, 1.165) is 41.9 Å². The molecule has 4 rings (SSSR count). The average Bonchev–Trinajstić information content (AvgIpc) is 3.09. The summed E-state index contributed by atoms with van der Waals surface area (Å²) in [6.07, 6.45) is 6.76. The Balaban J connectivity index is 1.61. The molecule has 146 valence electrons. The highest BCUT2D eigenvalue weighted by Gasteiger charge is 2.29. The van der Waals surface area contributed by atoms with Crippen molar-refractivity contribution >= 4 is 5.82 Å². The van der Waals surface area contributed by atoms with Crippen LogP contribution in [0.3, 0.4) is 0 Å². The van der Waals surface area contributed by atoms with Crippen LogP contribution in [0.25, 0.3) is 11.3 Å². The number of rotatable bonds is 5. The maximum Gasteiger partial charge on any atom is 0.127 e. The number of pyridine rings is 1. The highest BCUT2D eigenvalue weighted by Crippen LogP contribution is 2.38. The lowest BCUT2D eigenvalue weighted by atomic mass is 9.76. The van der Waals surface area contributed by atoms with Crippen molar-refractivity contribution in [2.75, 3.05) is 5.32 Å². The summed E-state index contributed by atoms with van der Waals surface area (Å²) in [6, 6.07) is 3.90. The summed E-state index contributed by atoms with van der Waals surface area (Å²) in [6.45, 7) is 6.90. The summed E-state index contributed by atoms with van der Waals surface area (Å²) >= 11 is 0. The fourth-order valence-electron chi connectivity index (χ4n) is 3.69. The Bertz CT molecular complexity index is 977. The number of hydrogen-bond acceptors (Lipinski definition) is 6. The van der Waals surface area contributed by atoms with Crippen LogP contribution in [0.15, 0.2) is 24.5 Å². The summed E-state index contributed by atoms with van der Waals surface area (Å²) in [5.74, 6) is 1.45. The molecule has 7 nitrogen and oxygen atoms in total. The van der Waals surface area contributed by atoms with Gasteiger partial charge < -0.3 is 10.4 Å². The van der Waals surface area contributed by atoms with Gasteiger partial charge in [0.15, 0.2) is 0 Å². The second-order valence-electron chi connectivity index (χ2n) is 8.25. The lowest BCUT2D eigenvalue weighted by Crippen LogP contribution is -2.21. The third-order valence-electron chi connectivity index (χ3n) is 5.28. The maximum absolute atomic E-state index is 9.67. The van der Waals surface area contributed by atoms with Crippen molar-refractivity contribution < 1.29 is 5.11 Å². The minimum Gasteiger partial charge on any atom is -0.390 e. The van der Waals surface area contributed by atoms with Crippen LogP contribution in [-0.4, -0.2) is 30.3 Å². The molecule has 0 radical (unpaired) electrons. The molecule has 3 aromatic rings. The van der Waals surface area contributed by atoms with E-state index in [9.17, 15) is 5.11 Å². The number of anilines is 1. The Morgan fingerprint density at radius 2 is 2.00 bits per heavy atom. The van der Waals surface area contributed by atoms with E-state index in [0.29, 0.717) is 23.5 Å². The third kappa shape index (κ3) is 3.89. The van der Waals surface area contributed by atoms with Gasteiger partial charge in [-0.2, -0.15) is 5.10 Å². The van der Waals surface area contributed by atoms with E-state index >= 15 is 0 Å². The molecule has 1 aliphatic carbocycles. The van der Waals surface area contributed by atoms with Gasteiger partial charge in [-0.1, -0.05) is 13.8 Å². The average molecular weight is 378 g/mol. The first-order valence-electron chi connectivity index (χ1n) is 9.63. The maximum atomic E-state index is 9.67. The minimum atomic E-state index is -0.115. The van der Waals surface area contributed by atoms with Crippen molar-refractivity contribution in [3.8, 4) is 11.3 Å². The van der Waals surface area contributed by atoms with Gasteiger partial charge in [0.05, 0.1) is 18.0 Å².